The molecule has 1 aromatic heterocycles. The lowest BCUT2D eigenvalue weighted by molar-refractivity contribution is 0.0525. The summed E-state index contributed by atoms with van der Waals surface area (Å²) in [6.45, 7) is 1.88. The Bertz CT molecular complexity index is 607. The van der Waals surface area contributed by atoms with E-state index in [1.54, 1.807) is 0 Å². The van der Waals surface area contributed by atoms with Crippen LogP contribution in [0.3, 0.4) is 0 Å². The van der Waals surface area contributed by atoms with Crippen LogP contribution in [0.2, 0.25) is 0 Å². The highest BCUT2D eigenvalue weighted by molar-refractivity contribution is 5.36. The normalized spacial score (nSPS) is 26.2. The number of rotatable bonds is 1. The second-order valence-electron chi connectivity index (χ2n) is 5.51. The van der Waals surface area contributed by atoms with E-state index in [4.69, 9.17) is 0 Å². The van der Waals surface area contributed by atoms with Gasteiger partial charge < -0.3 is 5.11 Å². The van der Waals surface area contributed by atoms with E-state index in [9.17, 15) is 5.11 Å². The summed E-state index contributed by atoms with van der Waals surface area (Å²) in [5.74, 6) is 0. The molecule has 4 nitrogen and oxygen atoms in total. The van der Waals surface area contributed by atoms with Crippen LogP contribution >= 0.6 is 0 Å². The van der Waals surface area contributed by atoms with Gasteiger partial charge in [0.15, 0.2) is 0 Å². The molecule has 1 aliphatic carbocycles. The first-order chi connectivity index (χ1) is 9.33. The zero-order valence-corrected chi connectivity index (χ0v) is 10.7. The van der Waals surface area contributed by atoms with E-state index < -0.39 is 0 Å². The van der Waals surface area contributed by atoms with E-state index in [2.05, 4.69) is 27.2 Å². The average Bonchev–Trinajstić information content (AvgIpc) is 3.03. The molecule has 0 fully saturated rings. The lowest BCUT2D eigenvalue weighted by atomic mass is 10.0. The van der Waals surface area contributed by atoms with Crippen LogP contribution in [-0.4, -0.2) is 32.8 Å². The van der Waals surface area contributed by atoms with Gasteiger partial charge >= 0.3 is 0 Å². The van der Waals surface area contributed by atoms with E-state index in [-0.39, 0.29) is 12.1 Å². The standard InChI is InChI=1S/C15H17N3O/c19-15-12-4-2-1-3-10(12)7-14(15)18-6-5-13-11(9-18)8-16-17-13/h1-4,8,14-15,19H,5-7,9H2,(H,16,17)/t14-,15+/m1/s1. The summed E-state index contributed by atoms with van der Waals surface area (Å²) in [6, 6.07) is 8.45. The van der Waals surface area contributed by atoms with Crippen LogP contribution in [0.15, 0.2) is 30.5 Å². The van der Waals surface area contributed by atoms with E-state index in [1.165, 1.54) is 16.8 Å². The van der Waals surface area contributed by atoms with Crippen molar-refractivity contribution in [3.63, 3.8) is 0 Å². The molecule has 1 aromatic carbocycles. The molecule has 0 spiro atoms. The molecular formula is C15H17N3O. The lowest BCUT2D eigenvalue weighted by Crippen LogP contribution is -2.41. The van der Waals surface area contributed by atoms with Crippen LogP contribution in [0.25, 0.3) is 0 Å². The summed E-state index contributed by atoms with van der Waals surface area (Å²) in [5.41, 5.74) is 4.92. The molecule has 98 valence electrons. The fourth-order valence-electron chi connectivity index (χ4n) is 3.41. The maximum absolute atomic E-state index is 10.5. The second kappa shape index (κ2) is 4.18. The SMILES string of the molecule is O[C@H]1c2ccccc2C[C@H]1N1CCc2[nH]ncc2C1. The van der Waals surface area contributed by atoms with Gasteiger partial charge in [-0.3, -0.25) is 10.00 Å². The van der Waals surface area contributed by atoms with Crippen LogP contribution < -0.4 is 0 Å². The molecule has 2 atom stereocenters. The van der Waals surface area contributed by atoms with Crippen LogP contribution in [0.1, 0.15) is 28.5 Å². The first-order valence-corrected chi connectivity index (χ1v) is 6.84. The topological polar surface area (TPSA) is 52.1 Å². The minimum absolute atomic E-state index is 0.209. The molecule has 2 aromatic rings. The Labute approximate surface area is 112 Å². The smallest absolute Gasteiger partial charge is 0.0951 e. The molecule has 0 saturated carbocycles. The summed E-state index contributed by atoms with van der Waals surface area (Å²) in [6.07, 6.45) is 3.50. The number of hydrogen-bond donors (Lipinski definition) is 2. The third kappa shape index (κ3) is 1.71. The molecule has 1 aliphatic heterocycles. The monoisotopic (exact) mass is 255 g/mol. The first-order valence-electron chi connectivity index (χ1n) is 6.84. The van der Waals surface area contributed by atoms with Crippen molar-refractivity contribution >= 4 is 0 Å². The fraction of sp³-hybridized carbons (Fsp3) is 0.400. The summed E-state index contributed by atoms with van der Waals surface area (Å²) >= 11 is 0. The molecule has 4 heteroatoms. The van der Waals surface area contributed by atoms with Gasteiger partial charge in [0, 0.05) is 36.8 Å². The minimum atomic E-state index is -0.357. The molecule has 0 bridgehead atoms. The number of nitrogens with zero attached hydrogens (tertiary/aromatic N) is 2. The van der Waals surface area contributed by atoms with Gasteiger partial charge in [-0.05, 0) is 17.5 Å². The van der Waals surface area contributed by atoms with Crippen LogP contribution in [0.4, 0.5) is 0 Å². The predicted octanol–water partition coefficient (Wildman–Crippen LogP) is 1.43. The van der Waals surface area contributed by atoms with Crippen LogP contribution in [0, 0.1) is 0 Å². The summed E-state index contributed by atoms with van der Waals surface area (Å²) in [4.78, 5) is 2.39. The Kier molecular flexibility index (Phi) is 2.47. The average molecular weight is 255 g/mol. The number of fused-ring (bicyclic) bond motifs is 2. The molecule has 2 N–H and O–H groups in total. The van der Waals surface area contributed by atoms with Gasteiger partial charge in [0.1, 0.15) is 0 Å². The first kappa shape index (κ1) is 11.2. The van der Waals surface area contributed by atoms with Crippen molar-refractivity contribution in [1.82, 2.24) is 15.1 Å². The van der Waals surface area contributed by atoms with Crippen molar-refractivity contribution in [2.24, 2.45) is 0 Å². The Morgan fingerprint density at radius 1 is 1.26 bits per heavy atom. The van der Waals surface area contributed by atoms with Crippen molar-refractivity contribution in [2.45, 2.75) is 31.5 Å². The van der Waals surface area contributed by atoms with Gasteiger partial charge in [0.05, 0.1) is 12.3 Å². The van der Waals surface area contributed by atoms with Gasteiger partial charge in [0.25, 0.3) is 0 Å². The van der Waals surface area contributed by atoms with Crippen LogP contribution in [-0.2, 0) is 19.4 Å². The number of hydrogen-bond acceptors (Lipinski definition) is 3. The highest BCUT2D eigenvalue weighted by Gasteiger charge is 2.36. The fourth-order valence-corrected chi connectivity index (χ4v) is 3.41. The molecular weight excluding hydrogens is 238 g/mol. The largest absolute Gasteiger partial charge is 0.387 e. The summed E-state index contributed by atoms with van der Waals surface area (Å²) < 4.78 is 0. The lowest BCUT2D eigenvalue weighted by Gasteiger charge is -2.33. The molecule has 0 amide bonds. The molecule has 2 aliphatic rings. The van der Waals surface area contributed by atoms with E-state index in [0.717, 1.165) is 31.5 Å². The van der Waals surface area contributed by atoms with Gasteiger partial charge in [-0.25, -0.2) is 0 Å². The molecule has 0 unspecified atom stereocenters. The van der Waals surface area contributed by atoms with E-state index >= 15 is 0 Å². The third-order valence-corrected chi connectivity index (χ3v) is 4.47. The van der Waals surface area contributed by atoms with Crippen molar-refractivity contribution in [2.75, 3.05) is 6.54 Å². The predicted molar refractivity (Wildman–Crippen MR) is 71.6 cm³/mol. The number of nitrogens with one attached hydrogen (secondary N) is 1. The Balaban J connectivity index is 1.60. The molecule has 2 heterocycles. The second-order valence-corrected chi connectivity index (χ2v) is 5.51. The van der Waals surface area contributed by atoms with E-state index in [1.807, 2.05) is 18.3 Å². The highest BCUT2D eigenvalue weighted by Crippen LogP contribution is 2.36. The number of aromatic nitrogens is 2. The van der Waals surface area contributed by atoms with Gasteiger partial charge in [-0.1, -0.05) is 24.3 Å². The zero-order chi connectivity index (χ0) is 12.8. The van der Waals surface area contributed by atoms with Gasteiger partial charge in [-0.2, -0.15) is 5.10 Å². The van der Waals surface area contributed by atoms with Gasteiger partial charge in [-0.15, -0.1) is 0 Å². The Hall–Kier alpha value is -1.65. The minimum Gasteiger partial charge on any atom is -0.387 e. The number of benzene rings is 1. The van der Waals surface area contributed by atoms with Crippen molar-refractivity contribution in [1.29, 1.82) is 0 Å². The number of aliphatic hydroxyl groups is 1. The zero-order valence-electron chi connectivity index (χ0n) is 10.7. The van der Waals surface area contributed by atoms with Crippen LogP contribution in [0.5, 0.6) is 0 Å². The molecule has 19 heavy (non-hydrogen) atoms. The number of aromatic amines is 1. The third-order valence-electron chi connectivity index (χ3n) is 4.47. The maximum Gasteiger partial charge on any atom is 0.0951 e. The van der Waals surface area contributed by atoms with Gasteiger partial charge in [0.2, 0.25) is 0 Å². The van der Waals surface area contributed by atoms with Crippen molar-refractivity contribution in [3.05, 3.63) is 52.8 Å². The molecule has 0 radical (unpaired) electrons. The number of H-pyrrole nitrogens is 1. The quantitative estimate of drug-likeness (QED) is 0.810. The Morgan fingerprint density at radius 3 is 3.05 bits per heavy atom. The highest BCUT2D eigenvalue weighted by atomic mass is 16.3. The molecule has 4 rings (SSSR count). The number of aliphatic hydroxyl groups excluding tert-OH is 1. The molecule has 0 saturated heterocycles. The summed E-state index contributed by atoms with van der Waals surface area (Å²) in [7, 11) is 0. The Morgan fingerprint density at radius 2 is 2.16 bits per heavy atom. The van der Waals surface area contributed by atoms with Crippen molar-refractivity contribution in [3.8, 4) is 0 Å². The van der Waals surface area contributed by atoms with E-state index in [0.29, 0.717) is 0 Å². The maximum atomic E-state index is 10.5. The summed E-state index contributed by atoms with van der Waals surface area (Å²) in [5, 5.41) is 17.7. The van der Waals surface area contributed by atoms with Crippen molar-refractivity contribution < 1.29 is 5.11 Å².